The summed E-state index contributed by atoms with van der Waals surface area (Å²) in [5.74, 6) is -3.56. The third kappa shape index (κ3) is 8.77. The maximum Gasteiger partial charge on any atom is 0.328 e. The molecule has 0 aliphatic carbocycles. The maximum atomic E-state index is 13.1. The highest BCUT2D eigenvalue weighted by molar-refractivity contribution is 5.94. The number of benzene rings is 1. The van der Waals surface area contributed by atoms with Crippen molar-refractivity contribution in [2.45, 2.75) is 50.4 Å². The molecular formula is C23H34N8O6. The third-order valence-corrected chi connectivity index (χ3v) is 5.59. The van der Waals surface area contributed by atoms with Crippen molar-refractivity contribution in [3.8, 4) is 0 Å². The van der Waals surface area contributed by atoms with Crippen molar-refractivity contribution >= 4 is 40.6 Å². The lowest BCUT2D eigenvalue weighted by Gasteiger charge is -2.23. The first-order valence-electron chi connectivity index (χ1n) is 11.6. The van der Waals surface area contributed by atoms with E-state index in [-0.39, 0.29) is 18.8 Å². The number of aliphatic hydroxyl groups excluding tert-OH is 1. The molecule has 37 heavy (non-hydrogen) atoms. The van der Waals surface area contributed by atoms with Crippen molar-refractivity contribution < 1.29 is 29.4 Å². The number of aliphatic hydroxyl groups is 1. The molecule has 2 aromatic rings. The first-order chi connectivity index (χ1) is 17.5. The summed E-state index contributed by atoms with van der Waals surface area (Å²) in [5, 5.41) is 26.2. The topological polar surface area (TPSA) is 251 Å². The van der Waals surface area contributed by atoms with E-state index in [1.807, 2.05) is 24.3 Å². The van der Waals surface area contributed by atoms with Crippen molar-refractivity contribution in [1.82, 2.24) is 20.9 Å². The highest BCUT2D eigenvalue weighted by atomic mass is 16.4. The number of guanidine groups is 1. The van der Waals surface area contributed by atoms with E-state index in [4.69, 9.17) is 27.4 Å². The van der Waals surface area contributed by atoms with Crippen molar-refractivity contribution in [3.05, 3.63) is 36.0 Å². The molecule has 0 saturated carbocycles. The number of H-pyrrole nitrogens is 1. The summed E-state index contributed by atoms with van der Waals surface area (Å²) in [7, 11) is 0. The smallest absolute Gasteiger partial charge is 0.328 e. The van der Waals surface area contributed by atoms with Gasteiger partial charge in [0.2, 0.25) is 17.7 Å². The molecule has 0 spiro atoms. The van der Waals surface area contributed by atoms with Crippen LogP contribution in [0.5, 0.6) is 0 Å². The van der Waals surface area contributed by atoms with Gasteiger partial charge in [0.15, 0.2) is 5.96 Å². The van der Waals surface area contributed by atoms with Gasteiger partial charge in [0.25, 0.3) is 0 Å². The number of nitrogens with zero attached hydrogens (tertiary/aromatic N) is 1. The lowest BCUT2D eigenvalue weighted by molar-refractivity contribution is -0.143. The van der Waals surface area contributed by atoms with Gasteiger partial charge in [0, 0.05) is 30.1 Å². The molecule has 202 valence electrons. The maximum absolute atomic E-state index is 13.1. The SMILES string of the molecule is CC(NC(=O)C(Cc1c[nH]c2ccccc12)NC(=O)C(N)CCCN=C(N)N)C(=O)NC(CO)C(=O)O. The Morgan fingerprint density at radius 3 is 2.35 bits per heavy atom. The summed E-state index contributed by atoms with van der Waals surface area (Å²) >= 11 is 0. The fraction of sp³-hybridized carbons (Fsp3) is 0.435. The third-order valence-electron chi connectivity index (χ3n) is 5.59. The quantitative estimate of drug-likeness (QED) is 0.0735. The molecule has 2 rings (SSSR count). The highest BCUT2D eigenvalue weighted by Crippen LogP contribution is 2.19. The molecule has 4 unspecified atom stereocenters. The zero-order valence-corrected chi connectivity index (χ0v) is 20.4. The predicted molar refractivity (Wildman–Crippen MR) is 136 cm³/mol. The number of para-hydroxylation sites is 1. The largest absolute Gasteiger partial charge is 0.480 e. The molecule has 4 atom stereocenters. The van der Waals surface area contributed by atoms with Crippen LogP contribution < -0.4 is 33.2 Å². The highest BCUT2D eigenvalue weighted by Gasteiger charge is 2.29. The molecule has 1 aromatic carbocycles. The standard InChI is InChI=1S/C23H34N8O6/c1-12(19(33)31-18(11-32)22(36)37)29-21(35)17(9-13-10-28-16-7-3-2-5-14(13)16)30-20(34)15(24)6-4-8-27-23(25)26/h2-3,5,7,10,12,15,17-18,28,32H,4,6,8-9,11,24H2,1H3,(H,29,35)(H,30,34)(H,31,33)(H,36,37)(H4,25,26,27). The number of aliphatic carboxylic acids is 1. The summed E-state index contributed by atoms with van der Waals surface area (Å²) in [6.07, 6.45) is 2.52. The normalized spacial score (nSPS) is 14.1. The molecule has 1 heterocycles. The van der Waals surface area contributed by atoms with E-state index < -0.39 is 54.5 Å². The van der Waals surface area contributed by atoms with E-state index in [1.165, 1.54) is 6.92 Å². The molecule has 3 amide bonds. The number of aliphatic imine (C=N–C) groups is 1. The molecule has 12 N–H and O–H groups in total. The number of carbonyl (C=O) groups excluding carboxylic acids is 3. The fourth-order valence-corrected chi connectivity index (χ4v) is 3.52. The Labute approximate surface area is 213 Å². The van der Waals surface area contributed by atoms with Gasteiger partial charge in [0.1, 0.15) is 18.1 Å². The molecule has 14 heteroatoms. The van der Waals surface area contributed by atoms with E-state index in [2.05, 4.69) is 25.9 Å². The summed E-state index contributed by atoms with van der Waals surface area (Å²) in [5.41, 5.74) is 18.1. The monoisotopic (exact) mass is 518 g/mol. The zero-order valence-electron chi connectivity index (χ0n) is 20.4. The Morgan fingerprint density at radius 1 is 1.03 bits per heavy atom. The number of aromatic amines is 1. The second-order valence-corrected chi connectivity index (χ2v) is 8.49. The number of carboxylic acids is 1. The Balaban J connectivity index is 2.14. The van der Waals surface area contributed by atoms with Gasteiger partial charge in [-0.1, -0.05) is 18.2 Å². The molecule has 1 aromatic heterocycles. The average Bonchev–Trinajstić information content (AvgIpc) is 3.26. The number of nitrogens with two attached hydrogens (primary N) is 3. The molecule has 0 fully saturated rings. The molecule has 0 bridgehead atoms. The molecule has 0 saturated heterocycles. The summed E-state index contributed by atoms with van der Waals surface area (Å²) in [6.45, 7) is 0.825. The second-order valence-electron chi connectivity index (χ2n) is 8.49. The molecule has 0 aliphatic heterocycles. The van der Waals surface area contributed by atoms with Crippen LogP contribution in [0.15, 0.2) is 35.5 Å². The van der Waals surface area contributed by atoms with Crippen LogP contribution in [0.2, 0.25) is 0 Å². The Kier molecular flexibility index (Phi) is 10.8. The Bertz CT molecular complexity index is 1130. The van der Waals surface area contributed by atoms with Gasteiger partial charge in [-0.15, -0.1) is 0 Å². The predicted octanol–water partition coefficient (Wildman–Crippen LogP) is -2.36. The van der Waals surface area contributed by atoms with Crippen molar-refractivity contribution in [1.29, 1.82) is 0 Å². The summed E-state index contributed by atoms with van der Waals surface area (Å²) < 4.78 is 0. The number of aromatic nitrogens is 1. The Hall–Kier alpha value is -4.17. The van der Waals surface area contributed by atoms with Crippen LogP contribution in [0.4, 0.5) is 0 Å². The van der Waals surface area contributed by atoms with Gasteiger partial charge < -0.3 is 48.3 Å². The first kappa shape index (κ1) is 29.1. The van der Waals surface area contributed by atoms with Crippen molar-refractivity contribution in [3.63, 3.8) is 0 Å². The number of hydrogen-bond donors (Lipinski definition) is 9. The number of rotatable bonds is 14. The van der Waals surface area contributed by atoms with E-state index in [0.717, 1.165) is 16.5 Å². The van der Waals surface area contributed by atoms with Crippen LogP contribution in [0, 0.1) is 0 Å². The van der Waals surface area contributed by atoms with Crippen LogP contribution in [0.3, 0.4) is 0 Å². The van der Waals surface area contributed by atoms with E-state index >= 15 is 0 Å². The Morgan fingerprint density at radius 2 is 1.70 bits per heavy atom. The van der Waals surface area contributed by atoms with Crippen LogP contribution in [0.25, 0.3) is 10.9 Å². The second kappa shape index (κ2) is 13.8. The van der Waals surface area contributed by atoms with Gasteiger partial charge in [-0.05, 0) is 31.4 Å². The van der Waals surface area contributed by atoms with Crippen molar-refractivity contribution in [2.24, 2.45) is 22.2 Å². The van der Waals surface area contributed by atoms with Gasteiger partial charge in [-0.25, -0.2) is 4.79 Å². The van der Waals surface area contributed by atoms with Gasteiger partial charge in [-0.3, -0.25) is 19.4 Å². The summed E-state index contributed by atoms with van der Waals surface area (Å²) in [6, 6.07) is 2.71. The minimum Gasteiger partial charge on any atom is -0.480 e. The average molecular weight is 519 g/mol. The van der Waals surface area contributed by atoms with Gasteiger partial charge >= 0.3 is 5.97 Å². The minimum absolute atomic E-state index is 0.0692. The minimum atomic E-state index is -1.52. The van der Waals surface area contributed by atoms with Crippen LogP contribution in [-0.2, 0) is 25.6 Å². The number of amides is 3. The number of hydrogen-bond acceptors (Lipinski definition) is 7. The van der Waals surface area contributed by atoms with Crippen LogP contribution >= 0.6 is 0 Å². The van der Waals surface area contributed by atoms with Crippen molar-refractivity contribution in [2.75, 3.05) is 13.2 Å². The summed E-state index contributed by atoms with van der Waals surface area (Å²) in [4.78, 5) is 56.3. The molecule has 14 nitrogen and oxygen atoms in total. The molecule has 0 radical (unpaired) electrons. The van der Waals surface area contributed by atoms with E-state index in [0.29, 0.717) is 13.0 Å². The van der Waals surface area contributed by atoms with Crippen LogP contribution in [0.1, 0.15) is 25.3 Å². The number of fused-ring (bicyclic) bond motifs is 1. The molecular weight excluding hydrogens is 484 g/mol. The van der Waals surface area contributed by atoms with E-state index in [1.54, 1.807) is 6.20 Å². The van der Waals surface area contributed by atoms with Gasteiger partial charge in [-0.2, -0.15) is 0 Å². The van der Waals surface area contributed by atoms with E-state index in [9.17, 15) is 19.2 Å². The lowest BCUT2D eigenvalue weighted by Crippen LogP contribution is -2.57. The fourth-order valence-electron chi connectivity index (χ4n) is 3.52. The first-order valence-corrected chi connectivity index (χ1v) is 11.6. The van der Waals surface area contributed by atoms with Gasteiger partial charge in [0.05, 0.1) is 12.6 Å². The number of nitrogens with one attached hydrogen (secondary N) is 4. The zero-order chi connectivity index (χ0) is 27.5. The number of carboxylic acid groups (broad SMARTS) is 1. The lowest BCUT2D eigenvalue weighted by atomic mass is 10.0. The molecule has 0 aliphatic rings. The van der Waals surface area contributed by atoms with Crippen LogP contribution in [-0.4, -0.2) is 82.2 Å². The number of carbonyl (C=O) groups is 4.